The van der Waals surface area contributed by atoms with Gasteiger partial charge < -0.3 is 10.1 Å². The number of hydrogen-bond acceptors (Lipinski definition) is 6. The van der Waals surface area contributed by atoms with E-state index >= 15 is 0 Å². The first kappa shape index (κ1) is 23.6. The van der Waals surface area contributed by atoms with Gasteiger partial charge in [0.05, 0.1) is 29.9 Å². The molecule has 0 aliphatic rings. The Hall–Kier alpha value is -3.08. The predicted octanol–water partition coefficient (Wildman–Crippen LogP) is 4.64. The third-order valence-electron chi connectivity index (χ3n) is 4.72. The van der Waals surface area contributed by atoms with Crippen molar-refractivity contribution in [3.05, 3.63) is 47.4 Å². The maximum absolute atomic E-state index is 13.4. The Bertz CT molecular complexity index is 1110. The van der Waals surface area contributed by atoms with Crippen molar-refractivity contribution >= 4 is 23.4 Å². The molecule has 1 N–H and O–H groups in total. The number of anilines is 1. The van der Waals surface area contributed by atoms with Gasteiger partial charge in [-0.1, -0.05) is 11.8 Å². The van der Waals surface area contributed by atoms with E-state index < -0.39 is 11.9 Å². The fourth-order valence-corrected chi connectivity index (χ4v) is 3.73. The molecule has 2 aromatic heterocycles. The highest BCUT2D eigenvalue weighted by molar-refractivity contribution is 7.99. The fraction of sp³-hybridized carbons (Fsp3) is 0.333. The van der Waals surface area contributed by atoms with E-state index in [1.54, 1.807) is 42.9 Å². The summed E-state index contributed by atoms with van der Waals surface area (Å²) in [6, 6.07) is 7.45. The second-order valence-corrected chi connectivity index (χ2v) is 8.03. The first-order valence-corrected chi connectivity index (χ1v) is 10.6. The van der Waals surface area contributed by atoms with Crippen LogP contribution in [-0.2, 0) is 18.0 Å². The number of aryl methyl sites for hydroxylation is 2. The number of halogens is 3. The molecule has 3 rings (SSSR count). The first-order valence-electron chi connectivity index (χ1n) is 9.62. The zero-order valence-corrected chi connectivity index (χ0v) is 18.8. The molecule has 0 aliphatic carbocycles. The van der Waals surface area contributed by atoms with Crippen molar-refractivity contribution in [3.8, 4) is 17.0 Å². The topological polar surface area (TPSA) is 81.9 Å². The number of hydrogen-bond donors (Lipinski definition) is 1. The summed E-state index contributed by atoms with van der Waals surface area (Å²) in [5.74, 6) is 0.533. The Morgan fingerprint density at radius 1 is 1.19 bits per heavy atom. The number of alkyl halides is 3. The second-order valence-electron chi connectivity index (χ2n) is 6.96. The lowest BCUT2D eigenvalue weighted by atomic mass is 10.1. The summed E-state index contributed by atoms with van der Waals surface area (Å²) in [6.07, 6.45) is -4.54. The molecule has 0 aliphatic heterocycles. The maximum Gasteiger partial charge on any atom is 0.433 e. The maximum atomic E-state index is 13.4. The molecule has 170 valence electrons. The van der Waals surface area contributed by atoms with Crippen LogP contribution >= 0.6 is 11.8 Å². The average Bonchev–Trinajstić information content (AvgIpc) is 2.99. The van der Waals surface area contributed by atoms with E-state index in [0.717, 1.165) is 23.5 Å². The van der Waals surface area contributed by atoms with Gasteiger partial charge >= 0.3 is 6.18 Å². The molecular formula is C21H22F3N5O2S. The van der Waals surface area contributed by atoms with Gasteiger partial charge in [-0.2, -0.15) is 18.3 Å². The molecule has 0 bridgehead atoms. The highest BCUT2D eigenvalue weighted by Gasteiger charge is 2.34. The Balaban J connectivity index is 1.73. The monoisotopic (exact) mass is 465 g/mol. The Morgan fingerprint density at radius 3 is 2.44 bits per heavy atom. The Labute approximate surface area is 187 Å². The van der Waals surface area contributed by atoms with Crippen LogP contribution in [0.15, 0.2) is 35.5 Å². The summed E-state index contributed by atoms with van der Waals surface area (Å²) in [5.41, 5.74) is 1.75. The molecule has 0 unspecified atom stereocenters. The molecule has 0 atom stereocenters. The summed E-state index contributed by atoms with van der Waals surface area (Å²) in [7, 11) is 3.28. The standard InChI is InChI=1S/C21H22F3N5O2S/c1-12-19(13(2)29(3)28-12)27-18(30)9-10-32-20-25-16(11-17(26-20)21(22,23)24)14-5-7-15(31-4)8-6-14/h5-8,11H,9-10H2,1-4H3,(H,27,30). The van der Waals surface area contributed by atoms with Crippen LogP contribution in [0, 0.1) is 13.8 Å². The number of methoxy groups -OCH3 is 1. The number of amides is 1. The van der Waals surface area contributed by atoms with Crippen molar-refractivity contribution in [1.29, 1.82) is 0 Å². The van der Waals surface area contributed by atoms with Crippen molar-refractivity contribution in [2.45, 2.75) is 31.6 Å². The Kier molecular flexibility index (Phi) is 7.07. The van der Waals surface area contributed by atoms with Crippen LogP contribution in [0.3, 0.4) is 0 Å². The van der Waals surface area contributed by atoms with E-state index in [-0.39, 0.29) is 28.9 Å². The molecule has 0 fully saturated rings. The summed E-state index contributed by atoms with van der Waals surface area (Å²) in [4.78, 5) is 20.2. The quantitative estimate of drug-likeness (QED) is 0.404. The molecule has 32 heavy (non-hydrogen) atoms. The highest BCUT2D eigenvalue weighted by Crippen LogP contribution is 2.32. The van der Waals surface area contributed by atoms with Crippen LogP contribution in [0.5, 0.6) is 5.75 Å². The summed E-state index contributed by atoms with van der Waals surface area (Å²) >= 11 is 0.991. The average molecular weight is 466 g/mol. The molecule has 0 radical (unpaired) electrons. The zero-order chi connectivity index (χ0) is 23.5. The minimum Gasteiger partial charge on any atom is -0.497 e. The zero-order valence-electron chi connectivity index (χ0n) is 17.9. The minimum absolute atomic E-state index is 0.0489. The normalized spacial score (nSPS) is 11.5. The van der Waals surface area contributed by atoms with E-state index in [0.29, 0.717) is 22.7 Å². The molecule has 3 aromatic rings. The largest absolute Gasteiger partial charge is 0.497 e. The van der Waals surface area contributed by atoms with Gasteiger partial charge in [0, 0.05) is 24.8 Å². The van der Waals surface area contributed by atoms with Gasteiger partial charge in [0.25, 0.3) is 0 Å². The van der Waals surface area contributed by atoms with E-state index in [1.807, 2.05) is 6.92 Å². The van der Waals surface area contributed by atoms with Crippen LogP contribution in [0.1, 0.15) is 23.5 Å². The van der Waals surface area contributed by atoms with Crippen LogP contribution in [-0.4, -0.2) is 38.5 Å². The van der Waals surface area contributed by atoms with E-state index in [4.69, 9.17) is 4.74 Å². The first-order chi connectivity index (χ1) is 15.1. The van der Waals surface area contributed by atoms with Gasteiger partial charge in [-0.05, 0) is 44.2 Å². The minimum atomic E-state index is -4.62. The molecule has 0 spiro atoms. The Morgan fingerprint density at radius 2 is 1.88 bits per heavy atom. The van der Waals surface area contributed by atoms with Crippen LogP contribution in [0.2, 0.25) is 0 Å². The number of ether oxygens (including phenoxy) is 1. The van der Waals surface area contributed by atoms with Crippen LogP contribution < -0.4 is 10.1 Å². The number of thioether (sulfide) groups is 1. The lowest BCUT2D eigenvalue weighted by molar-refractivity contribution is -0.141. The van der Waals surface area contributed by atoms with Gasteiger partial charge in [-0.3, -0.25) is 9.48 Å². The SMILES string of the molecule is COc1ccc(-c2cc(C(F)(F)F)nc(SCCC(=O)Nc3c(C)nn(C)c3C)n2)cc1. The molecule has 1 aromatic carbocycles. The lowest BCUT2D eigenvalue weighted by Crippen LogP contribution is -2.14. The van der Waals surface area contributed by atoms with Gasteiger partial charge in [-0.25, -0.2) is 9.97 Å². The number of aromatic nitrogens is 4. The van der Waals surface area contributed by atoms with Crippen molar-refractivity contribution in [2.24, 2.45) is 7.05 Å². The molecule has 0 saturated heterocycles. The summed E-state index contributed by atoms with van der Waals surface area (Å²) in [6.45, 7) is 3.62. The van der Waals surface area contributed by atoms with Gasteiger partial charge in [-0.15, -0.1) is 0 Å². The van der Waals surface area contributed by atoms with Crippen molar-refractivity contribution < 1.29 is 22.7 Å². The summed E-state index contributed by atoms with van der Waals surface area (Å²) in [5, 5.41) is 6.99. The predicted molar refractivity (Wildman–Crippen MR) is 116 cm³/mol. The van der Waals surface area contributed by atoms with Crippen molar-refractivity contribution in [3.63, 3.8) is 0 Å². The van der Waals surface area contributed by atoms with Crippen molar-refractivity contribution in [2.75, 3.05) is 18.2 Å². The third kappa shape index (κ3) is 5.58. The molecule has 2 heterocycles. The number of carbonyl (C=O) groups excluding carboxylic acids is 1. The van der Waals surface area contributed by atoms with Crippen LogP contribution in [0.25, 0.3) is 11.3 Å². The number of nitrogens with zero attached hydrogens (tertiary/aromatic N) is 4. The molecule has 11 heteroatoms. The van der Waals surface area contributed by atoms with E-state index in [1.165, 1.54) is 7.11 Å². The molecular weight excluding hydrogens is 443 g/mol. The van der Waals surface area contributed by atoms with Gasteiger partial charge in [0.2, 0.25) is 5.91 Å². The summed E-state index contributed by atoms with van der Waals surface area (Å²) < 4.78 is 46.8. The van der Waals surface area contributed by atoms with Crippen molar-refractivity contribution in [1.82, 2.24) is 19.7 Å². The van der Waals surface area contributed by atoms with E-state index in [9.17, 15) is 18.0 Å². The third-order valence-corrected chi connectivity index (χ3v) is 5.56. The van der Waals surface area contributed by atoms with E-state index in [2.05, 4.69) is 20.4 Å². The number of nitrogens with one attached hydrogen (secondary N) is 1. The molecule has 7 nitrogen and oxygen atoms in total. The number of rotatable bonds is 7. The highest BCUT2D eigenvalue weighted by atomic mass is 32.2. The lowest BCUT2D eigenvalue weighted by Gasteiger charge is -2.11. The number of carbonyl (C=O) groups is 1. The smallest absolute Gasteiger partial charge is 0.433 e. The fourth-order valence-electron chi connectivity index (χ4n) is 2.94. The second kappa shape index (κ2) is 9.60. The molecule has 0 saturated carbocycles. The van der Waals surface area contributed by atoms with Gasteiger partial charge in [0.1, 0.15) is 11.4 Å². The van der Waals surface area contributed by atoms with Crippen LogP contribution in [0.4, 0.5) is 18.9 Å². The number of benzene rings is 1. The van der Waals surface area contributed by atoms with Gasteiger partial charge in [0.15, 0.2) is 5.16 Å². The molecule has 1 amide bonds.